The average Bonchev–Trinajstić information content (AvgIpc) is 2.11. The Balaban J connectivity index is 4.76. The van der Waals surface area contributed by atoms with Crippen molar-refractivity contribution in [2.45, 2.75) is 0 Å². The molecule has 0 aromatic rings. The molecule has 4 nitrogen and oxygen atoms in total. The first-order chi connectivity index (χ1) is 6.52. The van der Waals surface area contributed by atoms with Crippen LogP contribution in [0, 0.1) is 0 Å². The topological polar surface area (TPSA) is 58.2 Å². The Morgan fingerprint density at radius 2 is 2.07 bits per heavy atom. The Kier molecular flexibility index (Phi) is 5.55. The maximum absolute atomic E-state index is 11.4. The molecule has 2 N–H and O–H groups in total. The van der Waals surface area contributed by atoms with Crippen LogP contribution in [0.4, 0.5) is 0 Å². The van der Waals surface area contributed by atoms with Crippen LogP contribution in [0.15, 0.2) is 36.6 Å². The highest BCUT2D eigenvalue weighted by Gasteiger charge is 2.11. The molecule has 1 unspecified atom stereocenters. The molecule has 0 aliphatic heterocycles. The van der Waals surface area contributed by atoms with E-state index >= 15 is 0 Å². The lowest BCUT2D eigenvalue weighted by molar-refractivity contribution is -0.115. The number of likely N-dealkylation sites (N-methyl/N-ethyl adjacent to an activating group) is 1. The van der Waals surface area contributed by atoms with Gasteiger partial charge in [0.1, 0.15) is 11.0 Å². The molecule has 0 spiro atoms. The van der Waals surface area contributed by atoms with Crippen molar-refractivity contribution in [2.24, 2.45) is 0 Å². The normalized spacial score (nSPS) is 12.9. The third kappa shape index (κ3) is 4.04. The van der Waals surface area contributed by atoms with Gasteiger partial charge in [0.05, 0.1) is 5.57 Å². The zero-order chi connectivity index (χ0) is 11.1. The molecule has 0 heterocycles. The summed E-state index contributed by atoms with van der Waals surface area (Å²) >= 11 is 0. The lowest BCUT2D eigenvalue weighted by Gasteiger charge is -2.08. The number of allylic oxidation sites excluding steroid dienone is 2. The zero-order valence-electron chi connectivity index (χ0n) is 8.29. The van der Waals surface area contributed by atoms with E-state index in [9.17, 15) is 9.00 Å². The van der Waals surface area contributed by atoms with Crippen molar-refractivity contribution < 1.29 is 9.00 Å². The van der Waals surface area contributed by atoms with Crippen LogP contribution in [0.2, 0.25) is 0 Å². The second kappa shape index (κ2) is 6.15. The van der Waals surface area contributed by atoms with Gasteiger partial charge < -0.3 is 5.32 Å². The van der Waals surface area contributed by atoms with E-state index in [-0.39, 0.29) is 0 Å². The number of hydrogen-bond donors (Lipinski definition) is 2. The Labute approximate surface area is 86.4 Å². The van der Waals surface area contributed by atoms with E-state index in [2.05, 4.69) is 23.2 Å². The number of hydrogen-bond acceptors (Lipinski definition) is 3. The van der Waals surface area contributed by atoms with E-state index < -0.39 is 16.9 Å². The molecule has 0 aliphatic rings. The summed E-state index contributed by atoms with van der Waals surface area (Å²) in [5.41, 5.74) is 0.769. The van der Waals surface area contributed by atoms with Gasteiger partial charge in [-0.25, -0.2) is 4.21 Å². The molecule has 0 bridgehead atoms. The second-order valence-electron chi connectivity index (χ2n) is 2.43. The van der Waals surface area contributed by atoms with Gasteiger partial charge in [-0.05, 0) is 6.08 Å². The Morgan fingerprint density at radius 1 is 1.50 bits per heavy atom. The van der Waals surface area contributed by atoms with Crippen LogP contribution in [0.25, 0.3) is 0 Å². The summed E-state index contributed by atoms with van der Waals surface area (Å²) in [5, 5.41) is 2.73. The van der Waals surface area contributed by atoms with Crippen LogP contribution >= 0.6 is 0 Å². The average molecular weight is 214 g/mol. The Bertz CT molecular complexity index is 308. The first-order valence-electron chi connectivity index (χ1n) is 3.87. The number of nitrogens with one attached hydrogen (secondary N) is 2. The fourth-order valence-electron chi connectivity index (χ4n) is 0.751. The number of carbonyl (C=O) groups is 1. The third-order valence-corrected chi connectivity index (χ3v) is 1.87. The highest BCUT2D eigenvalue weighted by atomic mass is 32.2. The number of amides is 1. The highest BCUT2D eigenvalue weighted by Crippen LogP contribution is 2.04. The second-order valence-corrected chi connectivity index (χ2v) is 3.54. The summed E-state index contributed by atoms with van der Waals surface area (Å²) in [6, 6.07) is 0. The minimum atomic E-state index is -1.38. The summed E-state index contributed by atoms with van der Waals surface area (Å²) in [4.78, 5) is 11.4. The van der Waals surface area contributed by atoms with E-state index in [1.54, 1.807) is 7.05 Å². The van der Waals surface area contributed by atoms with Crippen molar-refractivity contribution in [1.29, 1.82) is 0 Å². The van der Waals surface area contributed by atoms with E-state index in [1.807, 2.05) is 0 Å². The molecule has 1 atom stereocenters. The molecule has 0 radical (unpaired) electrons. The summed E-state index contributed by atoms with van der Waals surface area (Å²) in [6.45, 7) is 7.11. The predicted molar refractivity (Wildman–Crippen MR) is 58.7 cm³/mol. The van der Waals surface area contributed by atoms with E-state index in [4.69, 9.17) is 0 Å². The largest absolute Gasteiger partial charge is 0.388 e. The van der Waals surface area contributed by atoms with Crippen LogP contribution in [-0.4, -0.2) is 23.4 Å². The van der Waals surface area contributed by atoms with Crippen molar-refractivity contribution in [3.8, 4) is 0 Å². The number of rotatable bonds is 5. The molecule has 0 saturated carbocycles. The fourth-order valence-corrected chi connectivity index (χ4v) is 1.12. The van der Waals surface area contributed by atoms with Crippen molar-refractivity contribution in [3.05, 3.63) is 36.6 Å². The molecular formula is C9H14N2O2S. The molecule has 0 aromatic heterocycles. The molecular weight excluding hydrogens is 200 g/mol. The Morgan fingerprint density at radius 3 is 2.43 bits per heavy atom. The summed E-state index contributed by atoms with van der Waals surface area (Å²) in [7, 11) is 0.266. The van der Waals surface area contributed by atoms with Gasteiger partial charge in [0.2, 0.25) is 0 Å². The van der Waals surface area contributed by atoms with E-state index in [1.165, 1.54) is 18.4 Å². The van der Waals surface area contributed by atoms with Gasteiger partial charge in [0.15, 0.2) is 0 Å². The molecule has 0 aromatic carbocycles. The van der Waals surface area contributed by atoms with Crippen LogP contribution < -0.4 is 10.0 Å². The first-order valence-corrected chi connectivity index (χ1v) is 5.43. The van der Waals surface area contributed by atoms with Crippen LogP contribution in [0.1, 0.15) is 0 Å². The van der Waals surface area contributed by atoms with Crippen molar-refractivity contribution in [3.63, 3.8) is 0 Å². The van der Waals surface area contributed by atoms with Gasteiger partial charge in [-0.1, -0.05) is 19.2 Å². The zero-order valence-corrected chi connectivity index (χ0v) is 9.11. The van der Waals surface area contributed by atoms with Crippen LogP contribution in [0.3, 0.4) is 0 Å². The minimum Gasteiger partial charge on any atom is -0.388 e. The van der Waals surface area contributed by atoms with Gasteiger partial charge in [-0.3, -0.25) is 9.52 Å². The fraction of sp³-hybridized carbons (Fsp3) is 0.222. The molecule has 5 heteroatoms. The van der Waals surface area contributed by atoms with Gasteiger partial charge in [-0.15, -0.1) is 0 Å². The smallest absolute Gasteiger partial charge is 0.265 e. The molecule has 14 heavy (non-hydrogen) atoms. The lowest BCUT2D eigenvalue weighted by atomic mass is 10.2. The number of carbonyl (C=O) groups excluding carboxylic acids is 1. The third-order valence-electron chi connectivity index (χ3n) is 1.39. The molecule has 0 fully saturated rings. The molecule has 0 aliphatic carbocycles. The van der Waals surface area contributed by atoms with Crippen molar-refractivity contribution in [2.75, 3.05) is 13.3 Å². The van der Waals surface area contributed by atoms with Crippen LogP contribution in [-0.2, 0) is 15.8 Å². The van der Waals surface area contributed by atoms with Gasteiger partial charge in [0.25, 0.3) is 5.91 Å². The molecule has 0 saturated heterocycles. The molecule has 0 rings (SSSR count). The summed E-state index contributed by atoms with van der Waals surface area (Å²) in [6.07, 6.45) is 4.35. The van der Waals surface area contributed by atoms with Crippen molar-refractivity contribution in [1.82, 2.24) is 10.0 Å². The van der Waals surface area contributed by atoms with Crippen LogP contribution in [0.5, 0.6) is 0 Å². The predicted octanol–water partition coefficient (Wildman–Crippen LogP) is 0.242. The van der Waals surface area contributed by atoms with Crippen molar-refractivity contribution >= 4 is 16.9 Å². The van der Waals surface area contributed by atoms with E-state index in [0.717, 1.165) is 0 Å². The SMILES string of the molecule is C=C/C=C(\C(=C)NC)C(=O)NS(C)=O. The summed E-state index contributed by atoms with van der Waals surface area (Å²) in [5.74, 6) is -0.440. The molecule has 78 valence electrons. The quantitative estimate of drug-likeness (QED) is 0.509. The maximum Gasteiger partial charge on any atom is 0.265 e. The Hall–Kier alpha value is -1.36. The molecule has 1 amide bonds. The lowest BCUT2D eigenvalue weighted by Crippen LogP contribution is -2.28. The maximum atomic E-state index is 11.4. The minimum absolute atomic E-state index is 0.317. The van der Waals surface area contributed by atoms with E-state index in [0.29, 0.717) is 11.3 Å². The standard InChI is InChI=1S/C9H14N2O2S/c1-5-6-8(7(2)10-3)9(12)11-14(4)13/h5-6,10H,1-2H2,3-4H3,(H,11,12)/b8-6+. The summed E-state index contributed by atoms with van der Waals surface area (Å²) < 4.78 is 13.0. The monoisotopic (exact) mass is 214 g/mol. The van der Waals surface area contributed by atoms with Gasteiger partial charge in [-0.2, -0.15) is 0 Å². The van der Waals surface area contributed by atoms with Gasteiger partial charge in [0, 0.05) is 19.0 Å². The highest BCUT2D eigenvalue weighted by molar-refractivity contribution is 7.82. The first kappa shape index (κ1) is 12.6. The van der Waals surface area contributed by atoms with Gasteiger partial charge >= 0.3 is 0 Å².